The second-order valence-electron chi connectivity index (χ2n) is 5.38. The van der Waals surface area contributed by atoms with Crippen LogP contribution in [0.5, 0.6) is 5.75 Å². The van der Waals surface area contributed by atoms with E-state index in [0.29, 0.717) is 12.5 Å². The summed E-state index contributed by atoms with van der Waals surface area (Å²) < 4.78 is 11.2. The first-order valence-corrected chi connectivity index (χ1v) is 6.91. The van der Waals surface area contributed by atoms with Gasteiger partial charge in [0.1, 0.15) is 12.4 Å². The fourth-order valence-electron chi connectivity index (χ4n) is 2.86. The van der Waals surface area contributed by atoms with E-state index in [1.807, 2.05) is 0 Å². The average molecular weight is 247 g/mol. The number of rotatable bonds is 4. The van der Waals surface area contributed by atoms with Crippen molar-refractivity contribution in [1.29, 1.82) is 0 Å². The molecular weight excluding hydrogens is 226 g/mol. The second kappa shape index (κ2) is 5.29. The Morgan fingerprint density at radius 2 is 2.22 bits per heavy atom. The van der Waals surface area contributed by atoms with Crippen molar-refractivity contribution in [2.24, 2.45) is 11.7 Å². The summed E-state index contributed by atoms with van der Waals surface area (Å²) in [6.07, 6.45) is 4.75. The summed E-state index contributed by atoms with van der Waals surface area (Å²) in [6, 6.07) is 6.53. The predicted octanol–water partition coefficient (Wildman–Crippen LogP) is 1.92. The summed E-state index contributed by atoms with van der Waals surface area (Å²) >= 11 is 0. The lowest BCUT2D eigenvalue weighted by molar-refractivity contribution is 0.170. The van der Waals surface area contributed by atoms with Crippen LogP contribution in [0.2, 0.25) is 0 Å². The first kappa shape index (κ1) is 12.0. The van der Waals surface area contributed by atoms with Crippen LogP contribution in [0, 0.1) is 5.92 Å². The molecule has 3 rings (SSSR count). The Morgan fingerprint density at radius 1 is 1.33 bits per heavy atom. The topological polar surface area (TPSA) is 44.5 Å². The standard InChI is InChI=1S/C15H21NO2/c16-15(13-6-7-17-9-13)10-18-14-5-4-11-2-1-3-12(11)8-14/h4-5,8,13,15H,1-3,6-7,9-10,16H2. The molecule has 2 atom stereocenters. The summed E-state index contributed by atoms with van der Waals surface area (Å²) in [5.74, 6) is 1.42. The van der Waals surface area contributed by atoms with Gasteiger partial charge in [0, 0.05) is 18.6 Å². The summed E-state index contributed by atoms with van der Waals surface area (Å²) in [6.45, 7) is 2.22. The molecule has 3 heteroatoms. The van der Waals surface area contributed by atoms with E-state index < -0.39 is 0 Å². The van der Waals surface area contributed by atoms with Gasteiger partial charge in [0.15, 0.2) is 0 Å². The van der Waals surface area contributed by atoms with E-state index in [0.717, 1.165) is 25.4 Å². The molecule has 0 saturated carbocycles. The molecule has 0 amide bonds. The van der Waals surface area contributed by atoms with Crippen molar-refractivity contribution in [2.75, 3.05) is 19.8 Å². The van der Waals surface area contributed by atoms with E-state index in [9.17, 15) is 0 Å². The highest BCUT2D eigenvalue weighted by molar-refractivity contribution is 5.38. The molecule has 1 heterocycles. The first-order chi connectivity index (χ1) is 8.83. The molecule has 0 bridgehead atoms. The van der Waals surface area contributed by atoms with Crippen LogP contribution in [0.25, 0.3) is 0 Å². The maximum absolute atomic E-state index is 6.13. The van der Waals surface area contributed by atoms with Gasteiger partial charge in [-0.05, 0) is 48.9 Å². The lowest BCUT2D eigenvalue weighted by Gasteiger charge is -2.18. The Labute approximate surface area is 108 Å². The van der Waals surface area contributed by atoms with E-state index in [4.69, 9.17) is 15.2 Å². The molecule has 98 valence electrons. The van der Waals surface area contributed by atoms with Gasteiger partial charge in [0.2, 0.25) is 0 Å². The molecule has 1 aromatic rings. The van der Waals surface area contributed by atoms with Gasteiger partial charge in [-0.3, -0.25) is 0 Å². The Balaban J connectivity index is 1.56. The highest BCUT2D eigenvalue weighted by Gasteiger charge is 2.23. The van der Waals surface area contributed by atoms with Crippen molar-refractivity contribution in [2.45, 2.75) is 31.7 Å². The maximum atomic E-state index is 6.13. The fraction of sp³-hybridized carbons (Fsp3) is 0.600. The lowest BCUT2D eigenvalue weighted by Crippen LogP contribution is -2.36. The van der Waals surface area contributed by atoms with Crippen molar-refractivity contribution in [1.82, 2.24) is 0 Å². The van der Waals surface area contributed by atoms with E-state index in [1.165, 1.54) is 30.4 Å². The van der Waals surface area contributed by atoms with Crippen molar-refractivity contribution < 1.29 is 9.47 Å². The van der Waals surface area contributed by atoms with Crippen LogP contribution in [0.1, 0.15) is 24.0 Å². The van der Waals surface area contributed by atoms with Gasteiger partial charge < -0.3 is 15.2 Å². The summed E-state index contributed by atoms with van der Waals surface area (Å²) in [5, 5.41) is 0. The van der Waals surface area contributed by atoms with Crippen molar-refractivity contribution in [3.8, 4) is 5.75 Å². The molecule has 1 aliphatic carbocycles. The SMILES string of the molecule is NC(COc1ccc2c(c1)CCC2)C1CCOC1. The Morgan fingerprint density at radius 3 is 3.06 bits per heavy atom. The minimum atomic E-state index is 0.0840. The molecule has 18 heavy (non-hydrogen) atoms. The van der Waals surface area contributed by atoms with Crippen molar-refractivity contribution in [3.63, 3.8) is 0 Å². The summed E-state index contributed by atoms with van der Waals surface area (Å²) in [5.41, 5.74) is 9.07. The number of benzene rings is 1. The second-order valence-corrected chi connectivity index (χ2v) is 5.38. The molecule has 2 aliphatic rings. The number of nitrogens with two attached hydrogens (primary N) is 1. The van der Waals surface area contributed by atoms with Crippen LogP contribution in [0.4, 0.5) is 0 Å². The molecule has 1 aliphatic heterocycles. The molecule has 1 saturated heterocycles. The highest BCUT2D eigenvalue weighted by atomic mass is 16.5. The number of ether oxygens (including phenoxy) is 2. The van der Waals surface area contributed by atoms with Gasteiger partial charge >= 0.3 is 0 Å². The largest absolute Gasteiger partial charge is 0.492 e. The molecular formula is C15H21NO2. The van der Waals surface area contributed by atoms with Gasteiger partial charge in [-0.25, -0.2) is 0 Å². The van der Waals surface area contributed by atoms with E-state index >= 15 is 0 Å². The molecule has 1 aromatic carbocycles. The minimum Gasteiger partial charge on any atom is -0.492 e. The molecule has 2 unspecified atom stereocenters. The van der Waals surface area contributed by atoms with Gasteiger partial charge in [-0.1, -0.05) is 6.07 Å². The predicted molar refractivity (Wildman–Crippen MR) is 70.9 cm³/mol. The summed E-state index contributed by atoms with van der Waals surface area (Å²) in [7, 11) is 0. The Hall–Kier alpha value is -1.06. The van der Waals surface area contributed by atoms with Crippen LogP contribution in [-0.4, -0.2) is 25.9 Å². The third-order valence-electron chi connectivity index (χ3n) is 4.08. The van der Waals surface area contributed by atoms with Crippen molar-refractivity contribution >= 4 is 0 Å². The van der Waals surface area contributed by atoms with E-state index in [1.54, 1.807) is 0 Å². The van der Waals surface area contributed by atoms with Crippen LogP contribution in [0.15, 0.2) is 18.2 Å². The van der Waals surface area contributed by atoms with Gasteiger partial charge in [0.25, 0.3) is 0 Å². The average Bonchev–Trinajstić information content (AvgIpc) is 3.05. The van der Waals surface area contributed by atoms with Crippen molar-refractivity contribution in [3.05, 3.63) is 29.3 Å². The molecule has 0 spiro atoms. The van der Waals surface area contributed by atoms with E-state index in [-0.39, 0.29) is 6.04 Å². The Bertz CT molecular complexity index is 413. The van der Waals surface area contributed by atoms with Gasteiger partial charge in [-0.2, -0.15) is 0 Å². The minimum absolute atomic E-state index is 0.0840. The number of hydrogen-bond donors (Lipinski definition) is 1. The maximum Gasteiger partial charge on any atom is 0.119 e. The van der Waals surface area contributed by atoms with E-state index in [2.05, 4.69) is 18.2 Å². The molecule has 2 N–H and O–H groups in total. The lowest BCUT2D eigenvalue weighted by atomic mass is 10.0. The monoisotopic (exact) mass is 247 g/mol. The smallest absolute Gasteiger partial charge is 0.119 e. The molecule has 0 aromatic heterocycles. The Kier molecular flexibility index (Phi) is 3.52. The number of fused-ring (bicyclic) bond motifs is 1. The van der Waals surface area contributed by atoms with Crippen LogP contribution < -0.4 is 10.5 Å². The zero-order valence-electron chi connectivity index (χ0n) is 10.7. The number of aryl methyl sites for hydroxylation is 2. The number of hydrogen-bond acceptors (Lipinski definition) is 3. The quantitative estimate of drug-likeness (QED) is 0.884. The van der Waals surface area contributed by atoms with Crippen LogP contribution in [0.3, 0.4) is 0 Å². The zero-order valence-corrected chi connectivity index (χ0v) is 10.7. The fourth-order valence-corrected chi connectivity index (χ4v) is 2.86. The van der Waals surface area contributed by atoms with Gasteiger partial charge in [-0.15, -0.1) is 0 Å². The zero-order chi connectivity index (χ0) is 12.4. The van der Waals surface area contributed by atoms with Crippen LogP contribution >= 0.6 is 0 Å². The normalized spacial score (nSPS) is 23.9. The van der Waals surface area contributed by atoms with Crippen LogP contribution in [-0.2, 0) is 17.6 Å². The highest BCUT2D eigenvalue weighted by Crippen LogP contribution is 2.26. The first-order valence-electron chi connectivity index (χ1n) is 6.91. The summed E-state index contributed by atoms with van der Waals surface area (Å²) in [4.78, 5) is 0. The molecule has 1 fully saturated rings. The molecule has 3 nitrogen and oxygen atoms in total. The third-order valence-corrected chi connectivity index (χ3v) is 4.08. The third kappa shape index (κ3) is 2.52. The van der Waals surface area contributed by atoms with Gasteiger partial charge in [0.05, 0.1) is 6.61 Å². The molecule has 0 radical (unpaired) electrons.